The summed E-state index contributed by atoms with van der Waals surface area (Å²) in [5.74, 6) is -0.425. The van der Waals surface area contributed by atoms with Crippen LogP contribution < -0.4 is 5.32 Å². The molecule has 1 fully saturated rings. The molecule has 3 amide bonds. The topological polar surface area (TPSA) is 75.7 Å². The minimum absolute atomic E-state index is 0.0993. The summed E-state index contributed by atoms with van der Waals surface area (Å²) in [6.45, 7) is 0.248. The molecule has 134 valence electrons. The molecule has 3 rings (SSSR count). The summed E-state index contributed by atoms with van der Waals surface area (Å²) in [6.07, 6.45) is -0.153. The lowest BCUT2D eigenvalue weighted by atomic mass is 10.1. The fourth-order valence-corrected chi connectivity index (χ4v) is 2.84. The first-order valence-corrected chi connectivity index (χ1v) is 8.49. The van der Waals surface area contributed by atoms with Crippen molar-refractivity contribution in [2.75, 3.05) is 6.54 Å². The van der Waals surface area contributed by atoms with Crippen molar-refractivity contribution in [3.8, 4) is 0 Å². The second-order valence-corrected chi connectivity index (χ2v) is 6.07. The molecule has 6 nitrogen and oxygen atoms in total. The number of carbonyl (C=O) groups excluding carboxylic acids is 3. The van der Waals surface area contributed by atoms with E-state index in [0.717, 1.165) is 11.1 Å². The number of rotatable bonds is 6. The highest BCUT2D eigenvalue weighted by atomic mass is 16.5. The van der Waals surface area contributed by atoms with Gasteiger partial charge in [-0.05, 0) is 11.1 Å². The van der Waals surface area contributed by atoms with Crippen molar-refractivity contribution in [3.63, 3.8) is 0 Å². The van der Waals surface area contributed by atoms with E-state index in [2.05, 4.69) is 5.32 Å². The molecule has 0 aromatic heterocycles. The lowest BCUT2D eigenvalue weighted by molar-refractivity contribution is -0.138. The zero-order valence-electron chi connectivity index (χ0n) is 14.3. The fourth-order valence-electron chi connectivity index (χ4n) is 2.84. The van der Waals surface area contributed by atoms with Gasteiger partial charge in [0.05, 0.1) is 12.6 Å². The summed E-state index contributed by atoms with van der Waals surface area (Å²) >= 11 is 0. The third-order valence-corrected chi connectivity index (χ3v) is 4.23. The Morgan fingerprint density at radius 2 is 1.54 bits per heavy atom. The van der Waals surface area contributed by atoms with E-state index >= 15 is 0 Å². The third-order valence-electron chi connectivity index (χ3n) is 4.23. The van der Waals surface area contributed by atoms with Crippen LogP contribution in [0.3, 0.4) is 0 Å². The Morgan fingerprint density at radius 3 is 2.15 bits per heavy atom. The number of nitrogens with zero attached hydrogens (tertiary/aromatic N) is 1. The molecule has 1 unspecified atom stereocenters. The van der Waals surface area contributed by atoms with E-state index in [-0.39, 0.29) is 37.8 Å². The molecule has 26 heavy (non-hydrogen) atoms. The molecular weight excluding hydrogens is 332 g/mol. The molecule has 6 heteroatoms. The summed E-state index contributed by atoms with van der Waals surface area (Å²) in [4.78, 5) is 37.2. The molecule has 1 N–H and O–H groups in total. The Morgan fingerprint density at radius 1 is 0.962 bits per heavy atom. The Labute approximate surface area is 151 Å². The van der Waals surface area contributed by atoms with Crippen molar-refractivity contribution in [3.05, 3.63) is 71.8 Å². The standard InChI is InChI=1S/C20H20N2O4/c23-18-11-12-19(24)22(18)13-17(16-9-5-2-6-10-16)21-20(25)26-14-15-7-3-1-4-8-15/h1-10,17H,11-14H2,(H,21,25). The van der Waals surface area contributed by atoms with E-state index < -0.39 is 12.1 Å². The van der Waals surface area contributed by atoms with Crippen molar-refractivity contribution in [1.29, 1.82) is 0 Å². The van der Waals surface area contributed by atoms with Crippen molar-refractivity contribution in [2.45, 2.75) is 25.5 Å². The molecule has 2 aromatic rings. The maximum absolute atomic E-state index is 12.2. The second-order valence-electron chi connectivity index (χ2n) is 6.07. The zero-order chi connectivity index (χ0) is 18.4. The van der Waals surface area contributed by atoms with Gasteiger partial charge in [-0.2, -0.15) is 0 Å². The van der Waals surface area contributed by atoms with Gasteiger partial charge in [0, 0.05) is 12.8 Å². The summed E-state index contributed by atoms with van der Waals surface area (Å²) < 4.78 is 5.26. The van der Waals surface area contributed by atoms with Crippen LogP contribution in [-0.4, -0.2) is 29.4 Å². The number of hydrogen-bond donors (Lipinski definition) is 1. The SMILES string of the molecule is O=C(NC(CN1C(=O)CCC1=O)c1ccccc1)OCc1ccccc1. The highest BCUT2D eigenvalue weighted by Crippen LogP contribution is 2.19. The van der Waals surface area contributed by atoms with Gasteiger partial charge in [-0.3, -0.25) is 14.5 Å². The number of benzene rings is 2. The number of alkyl carbamates (subject to hydrolysis) is 1. The molecule has 2 aromatic carbocycles. The van der Waals surface area contributed by atoms with Gasteiger partial charge in [0.15, 0.2) is 0 Å². The number of nitrogens with one attached hydrogen (secondary N) is 1. The predicted octanol–water partition coefficient (Wildman–Crippen LogP) is 2.80. The monoisotopic (exact) mass is 352 g/mol. The van der Waals surface area contributed by atoms with E-state index in [1.54, 1.807) is 0 Å². The van der Waals surface area contributed by atoms with Gasteiger partial charge in [0.25, 0.3) is 0 Å². The van der Waals surface area contributed by atoms with Crippen LogP contribution >= 0.6 is 0 Å². The molecule has 1 atom stereocenters. The van der Waals surface area contributed by atoms with Crippen molar-refractivity contribution >= 4 is 17.9 Å². The van der Waals surface area contributed by atoms with Crippen LogP contribution in [0.25, 0.3) is 0 Å². The molecule has 0 aliphatic carbocycles. The third kappa shape index (κ3) is 4.47. The quantitative estimate of drug-likeness (QED) is 0.811. The summed E-state index contributed by atoms with van der Waals surface area (Å²) in [7, 11) is 0. The first-order chi connectivity index (χ1) is 12.6. The van der Waals surface area contributed by atoms with Gasteiger partial charge in [-0.15, -0.1) is 0 Å². The minimum atomic E-state index is -0.596. The normalized spacial score (nSPS) is 15.0. The van der Waals surface area contributed by atoms with Gasteiger partial charge < -0.3 is 10.1 Å². The predicted molar refractivity (Wildman–Crippen MR) is 94.9 cm³/mol. The van der Waals surface area contributed by atoms with E-state index in [0.29, 0.717) is 0 Å². The van der Waals surface area contributed by atoms with Crippen molar-refractivity contribution in [2.24, 2.45) is 0 Å². The molecule has 1 heterocycles. The van der Waals surface area contributed by atoms with Crippen LogP contribution in [0, 0.1) is 0 Å². The van der Waals surface area contributed by atoms with Crippen LogP contribution in [0.1, 0.15) is 30.0 Å². The summed E-state index contributed by atoms with van der Waals surface area (Å²) in [5, 5.41) is 2.76. The lowest BCUT2D eigenvalue weighted by Crippen LogP contribution is -2.40. The van der Waals surface area contributed by atoms with Gasteiger partial charge in [-0.1, -0.05) is 60.7 Å². The second kappa shape index (κ2) is 8.29. The Balaban J connectivity index is 1.66. The average molecular weight is 352 g/mol. The van der Waals surface area contributed by atoms with Crippen LogP contribution in [0.5, 0.6) is 0 Å². The van der Waals surface area contributed by atoms with Crippen LogP contribution in [0.2, 0.25) is 0 Å². The van der Waals surface area contributed by atoms with Gasteiger partial charge in [-0.25, -0.2) is 4.79 Å². The number of imide groups is 1. The molecule has 1 aliphatic heterocycles. The van der Waals surface area contributed by atoms with Gasteiger partial charge in [0.1, 0.15) is 6.61 Å². The Bertz CT molecular complexity index is 761. The largest absolute Gasteiger partial charge is 0.445 e. The molecule has 1 saturated heterocycles. The highest BCUT2D eigenvalue weighted by molar-refractivity contribution is 6.02. The number of likely N-dealkylation sites (tertiary alicyclic amines) is 1. The smallest absolute Gasteiger partial charge is 0.408 e. The highest BCUT2D eigenvalue weighted by Gasteiger charge is 2.32. The maximum atomic E-state index is 12.2. The van der Waals surface area contributed by atoms with Crippen molar-refractivity contribution in [1.82, 2.24) is 10.2 Å². The summed E-state index contributed by atoms with van der Waals surface area (Å²) in [5.41, 5.74) is 1.68. The summed E-state index contributed by atoms with van der Waals surface area (Å²) in [6, 6.07) is 18.1. The Hall–Kier alpha value is -3.15. The van der Waals surface area contributed by atoms with Crippen LogP contribution in [0.15, 0.2) is 60.7 Å². The first-order valence-electron chi connectivity index (χ1n) is 8.49. The molecule has 0 spiro atoms. The fraction of sp³-hybridized carbons (Fsp3) is 0.250. The van der Waals surface area contributed by atoms with E-state index in [4.69, 9.17) is 4.74 Å². The van der Waals surface area contributed by atoms with Crippen molar-refractivity contribution < 1.29 is 19.1 Å². The van der Waals surface area contributed by atoms with Gasteiger partial charge >= 0.3 is 6.09 Å². The van der Waals surface area contributed by atoms with Gasteiger partial charge in [0.2, 0.25) is 11.8 Å². The maximum Gasteiger partial charge on any atom is 0.408 e. The molecular formula is C20H20N2O4. The lowest BCUT2D eigenvalue weighted by Gasteiger charge is -2.24. The van der Waals surface area contributed by atoms with E-state index in [1.807, 2.05) is 60.7 Å². The zero-order valence-corrected chi connectivity index (χ0v) is 14.3. The van der Waals surface area contributed by atoms with Crippen LogP contribution in [0.4, 0.5) is 4.79 Å². The average Bonchev–Trinajstić information content (AvgIpc) is 2.99. The number of carbonyl (C=O) groups is 3. The Kier molecular flexibility index (Phi) is 5.63. The number of amides is 3. The number of ether oxygens (including phenoxy) is 1. The van der Waals surface area contributed by atoms with E-state index in [1.165, 1.54) is 4.90 Å². The van der Waals surface area contributed by atoms with E-state index in [9.17, 15) is 14.4 Å². The molecule has 0 bridgehead atoms. The first kappa shape index (κ1) is 17.7. The molecule has 0 saturated carbocycles. The minimum Gasteiger partial charge on any atom is -0.445 e. The van der Waals surface area contributed by atoms with Crippen LogP contribution in [-0.2, 0) is 20.9 Å². The number of hydrogen-bond acceptors (Lipinski definition) is 4. The molecule has 1 aliphatic rings. The molecule has 0 radical (unpaired) electrons.